The zero-order valence-electron chi connectivity index (χ0n) is 16.6. The molecule has 0 aliphatic carbocycles. The summed E-state index contributed by atoms with van der Waals surface area (Å²) in [5.41, 5.74) is 1.21. The van der Waals surface area contributed by atoms with Crippen LogP contribution in [0.15, 0.2) is 5.16 Å². The maximum absolute atomic E-state index is 12.6. The van der Waals surface area contributed by atoms with E-state index in [4.69, 9.17) is 4.74 Å². The highest BCUT2D eigenvalue weighted by Gasteiger charge is 2.32. The van der Waals surface area contributed by atoms with Gasteiger partial charge in [-0.25, -0.2) is 4.98 Å². The molecule has 0 spiro atoms. The molecule has 1 fully saturated rings. The number of carbonyl (C=O) groups is 1. The lowest BCUT2D eigenvalue weighted by Gasteiger charge is -2.28. The molecular formula is C19H30N4O2S. The second-order valence-corrected chi connectivity index (χ2v) is 8.84. The van der Waals surface area contributed by atoms with E-state index in [1.165, 1.54) is 11.8 Å². The van der Waals surface area contributed by atoms with Crippen LogP contribution in [0.25, 0.3) is 0 Å². The highest BCUT2D eigenvalue weighted by molar-refractivity contribution is 8.00. The largest absolute Gasteiger partial charge is 0.376 e. The molecule has 26 heavy (non-hydrogen) atoms. The second-order valence-electron chi connectivity index (χ2n) is 7.53. The fourth-order valence-corrected chi connectivity index (χ4v) is 3.80. The maximum Gasteiger partial charge on any atom is 0.234 e. The molecule has 0 bridgehead atoms. The van der Waals surface area contributed by atoms with E-state index in [0.717, 1.165) is 42.5 Å². The van der Waals surface area contributed by atoms with Crippen molar-refractivity contribution in [3.63, 3.8) is 0 Å². The summed E-state index contributed by atoms with van der Waals surface area (Å²) < 4.78 is 7.92. The first-order chi connectivity index (χ1) is 12.2. The van der Waals surface area contributed by atoms with Crippen LogP contribution in [0.4, 0.5) is 0 Å². The van der Waals surface area contributed by atoms with E-state index in [-0.39, 0.29) is 23.2 Å². The molecule has 1 aromatic heterocycles. The van der Waals surface area contributed by atoms with Crippen LogP contribution < -0.4 is 5.32 Å². The summed E-state index contributed by atoms with van der Waals surface area (Å²) in [7, 11) is 0. The molecule has 1 saturated heterocycles. The Labute approximate surface area is 160 Å². The molecule has 0 saturated carbocycles. The Hall–Kier alpha value is -1.52. The van der Waals surface area contributed by atoms with Crippen LogP contribution in [-0.4, -0.2) is 39.0 Å². The molecule has 7 heteroatoms. The SMILES string of the molecule is Cc1nc(SC(C)C(=O)NC(C)(C#N)C(C)C)n(CC2CCCO2)c1C. The van der Waals surface area contributed by atoms with Crippen molar-refractivity contribution in [3.05, 3.63) is 11.4 Å². The number of hydrogen-bond donors (Lipinski definition) is 1. The standard InChI is InChI=1S/C19H30N4O2S/c1-12(2)19(6,11-20)22-17(24)15(5)26-18-21-13(3)14(4)23(18)10-16-8-7-9-25-16/h12,15-16H,7-10H2,1-6H3,(H,22,24). The van der Waals surface area contributed by atoms with Gasteiger partial charge >= 0.3 is 0 Å². The molecule has 3 unspecified atom stereocenters. The molecule has 1 aliphatic heterocycles. The Kier molecular flexibility index (Phi) is 6.75. The van der Waals surface area contributed by atoms with Crippen molar-refractivity contribution in [1.29, 1.82) is 5.26 Å². The average molecular weight is 379 g/mol. The number of thioether (sulfide) groups is 1. The quantitative estimate of drug-likeness (QED) is 0.737. The normalized spacial score (nSPS) is 20.6. The number of aromatic nitrogens is 2. The first kappa shape index (κ1) is 20.8. The van der Waals surface area contributed by atoms with Crippen molar-refractivity contribution in [3.8, 4) is 6.07 Å². The van der Waals surface area contributed by atoms with Gasteiger partial charge in [-0.05, 0) is 46.5 Å². The van der Waals surface area contributed by atoms with Crippen molar-refractivity contribution < 1.29 is 9.53 Å². The van der Waals surface area contributed by atoms with Crippen molar-refractivity contribution in [2.45, 2.75) is 83.0 Å². The lowest BCUT2D eigenvalue weighted by molar-refractivity contribution is -0.121. The Morgan fingerprint density at radius 3 is 2.73 bits per heavy atom. The highest BCUT2D eigenvalue weighted by atomic mass is 32.2. The minimum atomic E-state index is -0.870. The average Bonchev–Trinajstić information content (AvgIpc) is 3.19. The summed E-state index contributed by atoms with van der Waals surface area (Å²) in [6.07, 6.45) is 2.38. The summed E-state index contributed by atoms with van der Waals surface area (Å²) in [5, 5.41) is 12.8. The van der Waals surface area contributed by atoms with Crippen LogP contribution in [0.5, 0.6) is 0 Å². The minimum absolute atomic E-state index is 0.0274. The zero-order valence-corrected chi connectivity index (χ0v) is 17.4. The Morgan fingerprint density at radius 1 is 1.50 bits per heavy atom. The van der Waals surface area contributed by atoms with Crippen LogP contribution in [0.3, 0.4) is 0 Å². The molecule has 2 heterocycles. The van der Waals surface area contributed by atoms with E-state index in [9.17, 15) is 10.1 Å². The third kappa shape index (κ3) is 4.60. The van der Waals surface area contributed by atoms with Gasteiger partial charge in [-0.1, -0.05) is 25.6 Å². The fourth-order valence-electron chi connectivity index (χ4n) is 2.79. The Balaban J connectivity index is 2.11. The summed E-state index contributed by atoms with van der Waals surface area (Å²) >= 11 is 1.43. The van der Waals surface area contributed by atoms with Crippen LogP contribution in [0.2, 0.25) is 0 Å². The summed E-state index contributed by atoms with van der Waals surface area (Å²) in [5.74, 6) is -0.116. The molecule has 6 nitrogen and oxygen atoms in total. The van der Waals surface area contributed by atoms with Gasteiger partial charge in [0, 0.05) is 12.3 Å². The van der Waals surface area contributed by atoms with Gasteiger partial charge in [-0.15, -0.1) is 0 Å². The maximum atomic E-state index is 12.6. The molecule has 1 aromatic rings. The second kappa shape index (κ2) is 8.45. The van der Waals surface area contributed by atoms with Gasteiger partial charge in [0.05, 0.1) is 29.7 Å². The molecule has 144 valence electrons. The topological polar surface area (TPSA) is 79.9 Å². The van der Waals surface area contributed by atoms with E-state index in [0.29, 0.717) is 0 Å². The molecule has 0 aromatic carbocycles. The van der Waals surface area contributed by atoms with Gasteiger partial charge in [0.2, 0.25) is 5.91 Å². The van der Waals surface area contributed by atoms with E-state index in [1.807, 2.05) is 27.7 Å². The zero-order chi connectivity index (χ0) is 19.5. The molecule has 1 N–H and O–H groups in total. The Morgan fingerprint density at radius 2 is 2.19 bits per heavy atom. The van der Waals surface area contributed by atoms with E-state index in [2.05, 4.69) is 27.9 Å². The number of amides is 1. The molecular weight excluding hydrogens is 348 g/mol. The molecule has 0 radical (unpaired) electrons. The summed E-state index contributed by atoms with van der Waals surface area (Å²) in [6.45, 7) is 13.1. The first-order valence-electron chi connectivity index (χ1n) is 9.23. The van der Waals surface area contributed by atoms with Gasteiger partial charge in [-0.3, -0.25) is 4.79 Å². The number of nitriles is 1. The number of rotatable bonds is 7. The van der Waals surface area contributed by atoms with Crippen molar-refractivity contribution in [1.82, 2.24) is 14.9 Å². The third-order valence-corrected chi connectivity index (χ3v) is 6.34. The summed E-state index contributed by atoms with van der Waals surface area (Å²) in [4.78, 5) is 17.3. The number of carbonyl (C=O) groups excluding carboxylic acids is 1. The predicted molar refractivity (Wildman–Crippen MR) is 103 cm³/mol. The Bertz CT molecular complexity index is 688. The van der Waals surface area contributed by atoms with Crippen LogP contribution in [0, 0.1) is 31.1 Å². The van der Waals surface area contributed by atoms with Gasteiger partial charge in [-0.2, -0.15) is 5.26 Å². The lowest BCUT2D eigenvalue weighted by atomic mass is 9.90. The lowest BCUT2D eigenvalue weighted by Crippen LogP contribution is -2.51. The van der Waals surface area contributed by atoms with E-state index >= 15 is 0 Å². The third-order valence-electron chi connectivity index (χ3n) is 5.25. The number of aryl methyl sites for hydroxylation is 1. The molecule has 1 aliphatic rings. The van der Waals surface area contributed by atoms with Crippen molar-refractivity contribution >= 4 is 17.7 Å². The predicted octanol–water partition coefficient (Wildman–Crippen LogP) is 3.21. The number of ether oxygens (including phenoxy) is 1. The van der Waals surface area contributed by atoms with Crippen LogP contribution in [0.1, 0.15) is 51.9 Å². The van der Waals surface area contributed by atoms with Gasteiger partial charge < -0.3 is 14.6 Å². The van der Waals surface area contributed by atoms with E-state index < -0.39 is 5.54 Å². The molecule has 2 rings (SSSR count). The minimum Gasteiger partial charge on any atom is -0.376 e. The highest BCUT2D eigenvalue weighted by Crippen LogP contribution is 2.28. The van der Waals surface area contributed by atoms with Crippen LogP contribution >= 0.6 is 11.8 Å². The van der Waals surface area contributed by atoms with Gasteiger partial charge in [0.1, 0.15) is 5.54 Å². The fraction of sp³-hybridized carbons (Fsp3) is 0.737. The monoisotopic (exact) mass is 378 g/mol. The van der Waals surface area contributed by atoms with Crippen LogP contribution in [-0.2, 0) is 16.1 Å². The smallest absolute Gasteiger partial charge is 0.234 e. The van der Waals surface area contributed by atoms with Crippen molar-refractivity contribution in [2.24, 2.45) is 5.92 Å². The number of hydrogen-bond acceptors (Lipinski definition) is 5. The first-order valence-corrected chi connectivity index (χ1v) is 10.1. The number of nitrogens with one attached hydrogen (secondary N) is 1. The van der Waals surface area contributed by atoms with Gasteiger partial charge in [0.25, 0.3) is 0 Å². The van der Waals surface area contributed by atoms with Crippen molar-refractivity contribution in [2.75, 3.05) is 6.61 Å². The number of nitrogens with zero attached hydrogens (tertiary/aromatic N) is 3. The van der Waals surface area contributed by atoms with E-state index in [1.54, 1.807) is 6.92 Å². The molecule has 1 amide bonds. The number of imidazole rings is 1. The summed E-state index contributed by atoms with van der Waals surface area (Å²) in [6, 6.07) is 2.22. The molecule has 3 atom stereocenters. The van der Waals surface area contributed by atoms with Gasteiger partial charge in [0.15, 0.2) is 5.16 Å².